The van der Waals surface area contributed by atoms with Gasteiger partial charge in [-0.25, -0.2) is 9.67 Å². The summed E-state index contributed by atoms with van der Waals surface area (Å²) < 4.78 is 7.49. The zero-order valence-electron chi connectivity index (χ0n) is 14.5. The summed E-state index contributed by atoms with van der Waals surface area (Å²) >= 11 is 1.55. The number of pyridine rings is 2. The van der Waals surface area contributed by atoms with Crippen LogP contribution in [0.3, 0.4) is 0 Å². The molecular formula is C20H15N5OS. The number of aromatic nitrogens is 5. The molecule has 132 valence electrons. The first-order chi connectivity index (χ1) is 13.3. The van der Waals surface area contributed by atoms with E-state index in [1.54, 1.807) is 35.9 Å². The van der Waals surface area contributed by atoms with Crippen LogP contribution in [0.15, 0.2) is 77.2 Å². The normalized spacial score (nSPS) is 15.2. The molecule has 7 heteroatoms. The first-order valence-electron chi connectivity index (χ1n) is 8.46. The predicted molar refractivity (Wildman–Crippen MR) is 102 cm³/mol. The molecule has 0 fully saturated rings. The van der Waals surface area contributed by atoms with E-state index >= 15 is 0 Å². The Bertz CT molecular complexity index is 1100. The third kappa shape index (κ3) is 2.81. The standard InChI is InChI=1S/C20H15N5OS/c1-26-19-17-16(10-15(12-22-17)13-6-3-2-4-7-13)27-20-23-18(24-25(19)20)14-8-5-9-21-11-14/h2-12,19H,1H3/t19-/m1/s1. The van der Waals surface area contributed by atoms with E-state index in [0.717, 1.165) is 32.4 Å². The Hall–Kier alpha value is -3.03. The van der Waals surface area contributed by atoms with E-state index in [-0.39, 0.29) is 0 Å². The molecule has 1 aromatic carbocycles. The second kappa shape index (κ2) is 6.61. The molecule has 1 aliphatic rings. The Morgan fingerprint density at radius 3 is 2.63 bits per heavy atom. The summed E-state index contributed by atoms with van der Waals surface area (Å²) in [5.41, 5.74) is 3.91. The van der Waals surface area contributed by atoms with Gasteiger partial charge in [-0.2, -0.15) is 0 Å². The van der Waals surface area contributed by atoms with Gasteiger partial charge in [-0.05, 0) is 35.5 Å². The van der Waals surface area contributed by atoms with Crippen LogP contribution in [0.4, 0.5) is 0 Å². The van der Waals surface area contributed by atoms with Gasteiger partial charge >= 0.3 is 0 Å². The van der Waals surface area contributed by atoms with Crippen molar-refractivity contribution in [3.8, 4) is 22.5 Å². The minimum Gasteiger partial charge on any atom is -0.354 e. The van der Waals surface area contributed by atoms with Crippen molar-refractivity contribution in [2.24, 2.45) is 0 Å². The minimum absolute atomic E-state index is 0.404. The van der Waals surface area contributed by atoms with Crippen molar-refractivity contribution >= 4 is 11.8 Å². The Labute approximate surface area is 160 Å². The van der Waals surface area contributed by atoms with Crippen molar-refractivity contribution < 1.29 is 4.74 Å². The van der Waals surface area contributed by atoms with E-state index in [9.17, 15) is 0 Å². The first kappa shape index (κ1) is 16.2. The van der Waals surface area contributed by atoms with Crippen molar-refractivity contribution in [3.63, 3.8) is 0 Å². The fourth-order valence-electron chi connectivity index (χ4n) is 3.09. The SMILES string of the molecule is CO[C@@H]1c2ncc(-c3ccccc3)cc2Sc2nc(-c3cccnc3)nn21. The van der Waals surface area contributed by atoms with Crippen LogP contribution in [-0.2, 0) is 4.74 Å². The maximum Gasteiger partial charge on any atom is 0.196 e. The average Bonchev–Trinajstić information content (AvgIpc) is 3.16. The Morgan fingerprint density at radius 1 is 1.00 bits per heavy atom. The van der Waals surface area contributed by atoms with Crippen LogP contribution in [0.25, 0.3) is 22.5 Å². The summed E-state index contributed by atoms with van der Waals surface area (Å²) in [6.45, 7) is 0. The number of rotatable bonds is 3. The van der Waals surface area contributed by atoms with Crippen molar-refractivity contribution in [1.29, 1.82) is 0 Å². The zero-order valence-corrected chi connectivity index (χ0v) is 15.3. The van der Waals surface area contributed by atoms with Gasteiger partial charge in [-0.1, -0.05) is 30.3 Å². The Kier molecular flexibility index (Phi) is 3.95. The largest absolute Gasteiger partial charge is 0.354 e. The van der Waals surface area contributed by atoms with Gasteiger partial charge < -0.3 is 4.74 Å². The highest BCUT2D eigenvalue weighted by molar-refractivity contribution is 7.99. The van der Waals surface area contributed by atoms with E-state index in [1.807, 2.05) is 36.5 Å². The first-order valence-corrected chi connectivity index (χ1v) is 9.28. The smallest absolute Gasteiger partial charge is 0.196 e. The summed E-state index contributed by atoms with van der Waals surface area (Å²) in [6.07, 6.45) is 4.97. The molecule has 0 unspecified atom stereocenters. The van der Waals surface area contributed by atoms with Crippen molar-refractivity contribution in [2.45, 2.75) is 16.3 Å². The maximum absolute atomic E-state index is 5.71. The molecule has 0 N–H and O–H groups in total. The molecule has 0 radical (unpaired) electrons. The number of fused-ring (bicyclic) bond motifs is 2. The lowest BCUT2D eigenvalue weighted by atomic mass is 10.1. The van der Waals surface area contributed by atoms with E-state index < -0.39 is 6.23 Å². The van der Waals surface area contributed by atoms with E-state index in [0.29, 0.717) is 5.82 Å². The fourth-order valence-corrected chi connectivity index (χ4v) is 4.09. The molecule has 0 spiro atoms. The topological polar surface area (TPSA) is 65.7 Å². The van der Waals surface area contributed by atoms with Crippen molar-refractivity contribution in [3.05, 3.63) is 72.8 Å². The lowest BCUT2D eigenvalue weighted by Crippen LogP contribution is -2.20. The maximum atomic E-state index is 5.71. The van der Waals surface area contributed by atoms with Gasteiger partial charge in [-0.15, -0.1) is 5.10 Å². The second-order valence-electron chi connectivity index (χ2n) is 6.07. The monoisotopic (exact) mass is 373 g/mol. The molecule has 0 amide bonds. The summed E-state index contributed by atoms with van der Waals surface area (Å²) in [5.74, 6) is 0.628. The van der Waals surface area contributed by atoms with Gasteiger partial charge in [0.1, 0.15) is 5.69 Å². The molecule has 4 heterocycles. The number of hydrogen-bond acceptors (Lipinski definition) is 6. The fraction of sp³-hybridized carbons (Fsp3) is 0.100. The molecule has 4 aromatic rings. The molecule has 5 rings (SSSR count). The highest BCUT2D eigenvalue weighted by Gasteiger charge is 2.30. The highest BCUT2D eigenvalue weighted by atomic mass is 32.2. The van der Waals surface area contributed by atoms with Gasteiger partial charge in [0.25, 0.3) is 0 Å². The predicted octanol–water partition coefficient (Wildman–Crippen LogP) is 4.06. The van der Waals surface area contributed by atoms with Gasteiger partial charge in [0.05, 0.1) is 0 Å². The molecule has 1 aliphatic heterocycles. The van der Waals surface area contributed by atoms with Crippen LogP contribution in [0, 0.1) is 0 Å². The van der Waals surface area contributed by atoms with Crippen LogP contribution in [0.1, 0.15) is 11.9 Å². The van der Waals surface area contributed by atoms with Gasteiger partial charge in [0.2, 0.25) is 0 Å². The minimum atomic E-state index is -0.404. The van der Waals surface area contributed by atoms with Crippen LogP contribution in [0.5, 0.6) is 0 Å². The third-order valence-corrected chi connectivity index (χ3v) is 5.40. The molecule has 1 atom stereocenters. The Morgan fingerprint density at radius 2 is 1.85 bits per heavy atom. The quantitative estimate of drug-likeness (QED) is 0.540. The van der Waals surface area contributed by atoms with E-state index in [2.05, 4.69) is 38.2 Å². The lowest BCUT2D eigenvalue weighted by molar-refractivity contribution is 0.0527. The number of benzene rings is 1. The number of nitrogens with zero attached hydrogens (tertiary/aromatic N) is 5. The van der Waals surface area contributed by atoms with Crippen LogP contribution >= 0.6 is 11.8 Å². The van der Waals surface area contributed by atoms with Crippen molar-refractivity contribution in [2.75, 3.05) is 7.11 Å². The second-order valence-corrected chi connectivity index (χ2v) is 7.08. The average molecular weight is 373 g/mol. The van der Waals surface area contributed by atoms with Gasteiger partial charge in [0, 0.05) is 41.7 Å². The summed E-state index contributed by atoms with van der Waals surface area (Å²) in [5, 5.41) is 5.41. The lowest BCUT2D eigenvalue weighted by Gasteiger charge is -2.23. The molecule has 3 aromatic heterocycles. The molecule has 0 saturated heterocycles. The summed E-state index contributed by atoms with van der Waals surface area (Å²) in [6, 6.07) is 16.2. The summed E-state index contributed by atoms with van der Waals surface area (Å²) in [7, 11) is 1.66. The van der Waals surface area contributed by atoms with Gasteiger partial charge in [-0.3, -0.25) is 9.97 Å². The van der Waals surface area contributed by atoms with Crippen LogP contribution in [-0.4, -0.2) is 31.8 Å². The molecule has 0 bridgehead atoms. The Balaban J connectivity index is 1.58. The van der Waals surface area contributed by atoms with E-state index in [4.69, 9.17) is 4.74 Å². The number of hydrogen-bond donors (Lipinski definition) is 0. The molecular weight excluding hydrogens is 358 g/mol. The highest BCUT2D eigenvalue weighted by Crippen LogP contribution is 2.41. The molecule has 0 saturated carbocycles. The number of ether oxygens (including phenoxy) is 1. The van der Waals surface area contributed by atoms with Crippen LogP contribution in [0.2, 0.25) is 0 Å². The van der Waals surface area contributed by atoms with Crippen LogP contribution < -0.4 is 0 Å². The molecule has 6 nitrogen and oxygen atoms in total. The molecule has 27 heavy (non-hydrogen) atoms. The molecule has 0 aliphatic carbocycles. The van der Waals surface area contributed by atoms with Crippen molar-refractivity contribution in [1.82, 2.24) is 24.7 Å². The number of methoxy groups -OCH3 is 1. The zero-order chi connectivity index (χ0) is 18.2. The van der Waals surface area contributed by atoms with Gasteiger partial charge in [0.15, 0.2) is 17.2 Å². The summed E-state index contributed by atoms with van der Waals surface area (Å²) in [4.78, 5) is 14.5. The van der Waals surface area contributed by atoms with E-state index in [1.165, 1.54) is 0 Å². The third-order valence-electron chi connectivity index (χ3n) is 4.39.